The Hall–Kier alpha value is -2.50. The van der Waals surface area contributed by atoms with E-state index in [1.807, 2.05) is 4.90 Å². The van der Waals surface area contributed by atoms with Gasteiger partial charge in [-0.3, -0.25) is 4.79 Å². The zero-order chi connectivity index (χ0) is 17.9. The van der Waals surface area contributed by atoms with Gasteiger partial charge >= 0.3 is 0 Å². The number of nitrogens with zero attached hydrogens (tertiary/aromatic N) is 3. The van der Waals surface area contributed by atoms with Crippen molar-refractivity contribution < 1.29 is 9.18 Å². The Morgan fingerprint density at radius 2 is 1.92 bits per heavy atom. The van der Waals surface area contributed by atoms with Gasteiger partial charge < -0.3 is 10.2 Å². The van der Waals surface area contributed by atoms with E-state index in [9.17, 15) is 9.18 Å². The maximum absolute atomic E-state index is 13.0. The summed E-state index contributed by atoms with van der Waals surface area (Å²) in [7, 11) is 0. The Bertz CT molecular complexity index is 789. The van der Waals surface area contributed by atoms with Crippen molar-refractivity contribution in [3.63, 3.8) is 0 Å². The van der Waals surface area contributed by atoms with Crippen molar-refractivity contribution in [1.29, 1.82) is 0 Å². The van der Waals surface area contributed by atoms with E-state index in [0.717, 1.165) is 35.5 Å². The van der Waals surface area contributed by atoms with Gasteiger partial charge in [0.2, 0.25) is 5.91 Å². The molecule has 1 aromatic heterocycles. The molecule has 0 unspecified atom stereocenters. The predicted octanol–water partition coefficient (Wildman–Crippen LogP) is 2.75. The largest absolute Gasteiger partial charge is 0.367 e. The van der Waals surface area contributed by atoms with Gasteiger partial charge in [0.05, 0.1) is 12.1 Å². The maximum atomic E-state index is 13.0. The van der Waals surface area contributed by atoms with Gasteiger partial charge in [-0.1, -0.05) is 12.1 Å². The van der Waals surface area contributed by atoms with Crippen LogP contribution in [0.3, 0.4) is 0 Å². The van der Waals surface area contributed by atoms with Crippen LogP contribution < -0.4 is 5.32 Å². The van der Waals surface area contributed by atoms with Crippen molar-refractivity contribution in [3.05, 3.63) is 53.2 Å². The maximum Gasteiger partial charge on any atom is 0.227 e. The normalized spacial score (nSPS) is 17.2. The van der Waals surface area contributed by atoms with Crippen LogP contribution in [-0.2, 0) is 24.1 Å². The zero-order valence-corrected chi connectivity index (χ0v) is 14.7. The summed E-state index contributed by atoms with van der Waals surface area (Å²) in [4.78, 5) is 23.4. The van der Waals surface area contributed by atoms with Gasteiger partial charge in [-0.05, 0) is 43.4 Å². The van der Waals surface area contributed by atoms with Crippen LogP contribution in [0.1, 0.15) is 36.1 Å². The number of fused-ring (bicyclic) bond motifs is 1. The molecule has 1 N–H and O–H groups in total. The highest BCUT2D eigenvalue weighted by molar-refractivity contribution is 5.79. The minimum Gasteiger partial charge on any atom is -0.367 e. The number of halogens is 1. The highest BCUT2D eigenvalue weighted by atomic mass is 19.1. The van der Waals surface area contributed by atoms with E-state index < -0.39 is 0 Å². The molecule has 136 valence electrons. The summed E-state index contributed by atoms with van der Waals surface area (Å²) < 4.78 is 13.0. The van der Waals surface area contributed by atoms with Crippen molar-refractivity contribution in [1.82, 2.24) is 14.9 Å². The molecule has 2 heterocycles. The average molecular weight is 354 g/mol. The van der Waals surface area contributed by atoms with E-state index in [4.69, 9.17) is 0 Å². The lowest BCUT2D eigenvalue weighted by molar-refractivity contribution is -0.130. The van der Waals surface area contributed by atoms with Gasteiger partial charge in [0.15, 0.2) is 0 Å². The van der Waals surface area contributed by atoms with Crippen molar-refractivity contribution in [2.45, 2.75) is 44.6 Å². The van der Waals surface area contributed by atoms with Gasteiger partial charge in [-0.15, -0.1) is 0 Å². The van der Waals surface area contributed by atoms with E-state index in [2.05, 4.69) is 15.3 Å². The minimum atomic E-state index is -0.281. The number of benzene rings is 1. The second-order valence-corrected chi connectivity index (χ2v) is 7.10. The molecule has 1 saturated carbocycles. The van der Waals surface area contributed by atoms with Crippen LogP contribution in [0.5, 0.6) is 0 Å². The molecule has 2 aliphatic rings. The Balaban J connectivity index is 1.43. The van der Waals surface area contributed by atoms with Crippen LogP contribution in [-0.4, -0.2) is 39.9 Å². The molecule has 5 nitrogen and oxygen atoms in total. The van der Waals surface area contributed by atoms with E-state index in [0.29, 0.717) is 25.6 Å². The first-order valence-electron chi connectivity index (χ1n) is 9.30. The lowest BCUT2D eigenvalue weighted by atomic mass is 9.93. The molecule has 0 atom stereocenters. The summed E-state index contributed by atoms with van der Waals surface area (Å²) in [6.45, 7) is 1.33. The Labute approximate surface area is 152 Å². The summed E-state index contributed by atoms with van der Waals surface area (Å²) >= 11 is 0. The van der Waals surface area contributed by atoms with Crippen LogP contribution in [0.4, 0.5) is 10.2 Å². The van der Waals surface area contributed by atoms with Crippen molar-refractivity contribution in [2.24, 2.45) is 0 Å². The first-order chi connectivity index (χ1) is 12.7. The Kier molecular flexibility index (Phi) is 4.82. The number of amides is 1. The second kappa shape index (κ2) is 7.40. The number of hydrogen-bond donors (Lipinski definition) is 1. The molecular weight excluding hydrogens is 331 g/mol. The summed E-state index contributed by atoms with van der Waals surface area (Å²) in [6.07, 6.45) is 7.09. The number of hydrogen-bond acceptors (Lipinski definition) is 4. The Morgan fingerprint density at radius 3 is 2.65 bits per heavy atom. The number of rotatable bonds is 4. The number of anilines is 1. The van der Waals surface area contributed by atoms with Gasteiger partial charge in [0.25, 0.3) is 0 Å². The quantitative estimate of drug-likeness (QED) is 0.917. The lowest BCUT2D eigenvalue weighted by Gasteiger charge is -2.28. The van der Waals surface area contributed by atoms with Crippen molar-refractivity contribution >= 4 is 11.7 Å². The molecule has 1 fully saturated rings. The standard InChI is InChI=1S/C20H23FN4O/c21-15-6-4-14(5-7-15)12-19(26)25-10-8-17-18(9-11-25)22-13-23-20(17)24-16-2-1-3-16/h4-7,13,16H,1-3,8-12H2,(H,22,23,24). The molecule has 0 radical (unpaired) electrons. The fraction of sp³-hybridized carbons (Fsp3) is 0.450. The SMILES string of the molecule is O=C(Cc1ccc(F)cc1)N1CCc2ncnc(NC3CCC3)c2CC1. The third kappa shape index (κ3) is 3.69. The molecule has 0 spiro atoms. The molecule has 4 rings (SSSR count). The fourth-order valence-corrected chi connectivity index (χ4v) is 3.53. The first-order valence-corrected chi connectivity index (χ1v) is 9.30. The molecule has 0 bridgehead atoms. The van der Waals surface area contributed by atoms with Gasteiger partial charge in [-0.25, -0.2) is 14.4 Å². The number of nitrogens with one attached hydrogen (secondary N) is 1. The third-order valence-electron chi connectivity index (χ3n) is 5.35. The zero-order valence-electron chi connectivity index (χ0n) is 14.7. The topological polar surface area (TPSA) is 58.1 Å². The highest BCUT2D eigenvalue weighted by Gasteiger charge is 2.24. The number of aromatic nitrogens is 2. The van der Waals surface area contributed by atoms with Crippen LogP contribution in [0.15, 0.2) is 30.6 Å². The summed E-state index contributed by atoms with van der Waals surface area (Å²) in [5, 5.41) is 3.53. The smallest absolute Gasteiger partial charge is 0.227 e. The first kappa shape index (κ1) is 16.9. The molecule has 0 saturated heterocycles. The third-order valence-corrected chi connectivity index (χ3v) is 5.35. The summed E-state index contributed by atoms with van der Waals surface area (Å²) in [5.74, 6) is 0.731. The molecule has 1 aliphatic heterocycles. The predicted molar refractivity (Wildman–Crippen MR) is 97.4 cm³/mol. The minimum absolute atomic E-state index is 0.0749. The number of carbonyl (C=O) groups excluding carboxylic acids is 1. The van der Waals surface area contributed by atoms with Crippen LogP contribution in [0.2, 0.25) is 0 Å². The molecular formula is C20H23FN4O. The van der Waals surface area contributed by atoms with Gasteiger partial charge in [-0.2, -0.15) is 0 Å². The number of carbonyl (C=O) groups is 1. The van der Waals surface area contributed by atoms with E-state index in [1.54, 1.807) is 18.5 Å². The van der Waals surface area contributed by atoms with E-state index >= 15 is 0 Å². The molecule has 1 aliphatic carbocycles. The van der Waals surface area contributed by atoms with Crippen molar-refractivity contribution in [2.75, 3.05) is 18.4 Å². The van der Waals surface area contributed by atoms with Crippen LogP contribution >= 0.6 is 0 Å². The highest BCUT2D eigenvalue weighted by Crippen LogP contribution is 2.26. The molecule has 26 heavy (non-hydrogen) atoms. The lowest BCUT2D eigenvalue weighted by Crippen LogP contribution is -2.34. The van der Waals surface area contributed by atoms with Crippen LogP contribution in [0.25, 0.3) is 0 Å². The molecule has 1 aromatic carbocycles. The summed E-state index contributed by atoms with van der Waals surface area (Å²) in [6, 6.07) is 6.66. The monoisotopic (exact) mass is 354 g/mol. The molecule has 2 aromatic rings. The fourth-order valence-electron chi connectivity index (χ4n) is 3.53. The van der Waals surface area contributed by atoms with Crippen LogP contribution in [0, 0.1) is 5.82 Å². The molecule has 6 heteroatoms. The van der Waals surface area contributed by atoms with Gasteiger partial charge in [0.1, 0.15) is 18.0 Å². The second-order valence-electron chi connectivity index (χ2n) is 7.10. The average Bonchev–Trinajstić information content (AvgIpc) is 2.83. The Morgan fingerprint density at radius 1 is 1.15 bits per heavy atom. The van der Waals surface area contributed by atoms with E-state index in [-0.39, 0.29) is 11.7 Å². The van der Waals surface area contributed by atoms with Gasteiger partial charge in [0, 0.05) is 31.1 Å². The molecule has 1 amide bonds. The van der Waals surface area contributed by atoms with E-state index in [1.165, 1.54) is 31.4 Å². The van der Waals surface area contributed by atoms with Crippen molar-refractivity contribution in [3.8, 4) is 0 Å². The summed E-state index contributed by atoms with van der Waals surface area (Å²) in [5.41, 5.74) is 3.03.